The van der Waals surface area contributed by atoms with E-state index in [9.17, 15) is 4.79 Å². The van der Waals surface area contributed by atoms with Crippen LogP contribution in [0.1, 0.15) is 57.8 Å². The summed E-state index contributed by atoms with van der Waals surface area (Å²) in [4.78, 5) is 10.9. The number of ether oxygens (including phenoxy) is 1. The first kappa shape index (κ1) is 21.2. The molecule has 0 unspecified atom stereocenters. The molecule has 0 aromatic rings. The number of rotatable bonds is 14. The van der Waals surface area contributed by atoms with E-state index in [1.807, 2.05) is 6.08 Å². The zero-order valence-electron chi connectivity index (χ0n) is 14.6. The van der Waals surface area contributed by atoms with Crippen LogP contribution in [0.5, 0.6) is 0 Å². The number of carbonyl (C=O) groups is 1. The van der Waals surface area contributed by atoms with Crippen molar-refractivity contribution in [3.8, 4) is 0 Å². The van der Waals surface area contributed by atoms with Crippen molar-refractivity contribution in [2.45, 2.75) is 57.8 Å². The third-order valence-electron chi connectivity index (χ3n) is 3.24. The summed E-state index contributed by atoms with van der Waals surface area (Å²) in [5.41, 5.74) is 0. The molecule has 0 saturated heterocycles. The molecule has 0 aromatic heterocycles. The van der Waals surface area contributed by atoms with Gasteiger partial charge in [-0.3, -0.25) is 4.79 Å². The monoisotopic (exact) mass is 316 g/mol. The lowest BCUT2D eigenvalue weighted by molar-refractivity contribution is -0.140. The van der Waals surface area contributed by atoms with Crippen LogP contribution < -0.4 is 0 Å². The molecule has 0 spiro atoms. The van der Waals surface area contributed by atoms with E-state index in [2.05, 4.69) is 59.9 Å². The number of hydrogen-bond donors (Lipinski definition) is 0. The van der Waals surface area contributed by atoms with Gasteiger partial charge in [0.25, 0.3) is 0 Å². The highest BCUT2D eigenvalue weighted by Crippen LogP contribution is 2.00. The van der Waals surface area contributed by atoms with E-state index in [1.54, 1.807) is 0 Å². The average molecular weight is 316 g/mol. The first-order valence-corrected chi connectivity index (χ1v) is 8.59. The van der Waals surface area contributed by atoms with Crippen LogP contribution in [-0.4, -0.2) is 13.1 Å². The van der Waals surface area contributed by atoms with Crippen molar-refractivity contribution >= 4 is 5.97 Å². The Bertz CT molecular complexity index is 400. The van der Waals surface area contributed by atoms with Crippen molar-refractivity contribution < 1.29 is 9.53 Å². The van der Waals surface area contributed by atoms with Gasteiger partial charge in [-0.25, -0.2) is 0 Å². The molecular formula is C21H32O2. The summed E-state index contributed by atoms with van der Waals surface area (Å²) >= 11 is 0. The summed E-state index contributed by atoms with van der Waals surface area (Å²) < 4.78 is 4.59. The molecule has 0 amide bonds. The van der Waals surface area contributed by atoms with Crippen LogP contribution in [0.3, 0.4) is 0 Å². The smallest absolute Gasteiger partial charge is 0.305 e. The standard InChI is InChI=1S/C21H32O2/c1-3-4-5-6-7-8-9-10-11-12-13-14-15-16-17-18-19-20-21(22)23-2/h3,7-8,10-11,13-14,16-17H,1,4-6,9,12,15,18-20H2,2H3. The molecule has 0 aromatic carbocycles. The first-order valence-electron chi connectivity index (χ1n) is 8.59. The zero-order valence-corrected chi connectivity index (χ0v) is 14.6. The highest BCUT2D eigenvalue weighted by molar-refractivity contribution is 5.69. The fourth-order valence-electron chi connectivity index (χ4n) is 1.90. The fraction of sp³-hybridized carbons (Fsp3) is 0.476. The lowest BCUT2D eigenvalue weighted by atomic mass is 10.2. The normalized spacial score (nSPS) is 12.0. The van der Waals surface area contributed by atoms with Gasteiger partial charge in [0, 0.05) is 6.42 Å². The van der Waals surface area contributed by atoms with Crippen LogP contribution in [0.2, 0.25) is 0 Å². The Labute approximate surface area is 142 Å². The minimum absolute atomic E-state index is 0.128. The summed E-state index contributed by atoms with van der Waals surface area (Å²) in [7, 11) is 1.43. The zero-order chi connectivity index (χ0) is 17.0. The van der Waals surface area contributed by atoms with Gasteiger partial charge < -0.3 is 4.74 Å². The number of allylic oxidation sites excluding steroid dienone is 9. The summed E-state index contributed by atoms with van der Waals surface area (Å²) in [6, 6.07) is 0. The van der Waals surface area contributed by atoms with E-state index in [1.165, 1.54) is 13.5 Å². The lowest BCUT2D eigenvalue weighted by Crippen LogP contribution is -1.98. The van der Waals surface area contributed by atoms with Gasteiger partial charge >= 0.3 is 5.97 Å². The number of hydrogen-bond acceptors (Lipinski definition) is 2. The molecule has 0 atom stereocenters. The van der Waals surface area contributed by atoms with Gasteiger partial charge in [0.1, 0.15) is 0 Å². The number of carbonyl (C=O) groups excluding carboxylic acids is 1. The van der Waals surface area contributed by atoms with E-state index < -0.39 is 0 Å². The van der Waals surface area contributed by atoms with Gasteiger partial charge in [-0.05, 0) is 51.4 Å². The SMILES string of the molecule is C=CCCCC=CCC=CCC=CCC=CCCCC(=O)OC. The first-order chi connectivity index (χ1) is 11.3. The van der Waals surface area contributed by atoms with E-state index in [0.717, 1.165) is 44.9 Å². The van der Waals surface area contributed by atoms with Gasteiger partial charge in [-0.1, -0.05) is 54.7 Å². The predicted molar refractivity (Wildman–Crippen MR) is 100 cm³/mol. The highest BCUT2D eigenvalue weighted by Gasteiger charge is 1.96. The third-order valence-corrected chi connectivity index (χ3v) is 3.24. The third kappa shape index (κ3) is 18.1. The largest absolute Gasteiger partial charge is 0.469 e. The summed E-state index contributed by atoms with van der Waals surface area (Å²) in [6.45, 7) is 3.71. The second kappa shape index (κ2) is 18.2. The fourth-order valence-corrected chi connectivity index (χ4v) is 1.90. The molecule has 128 valence electrons. The molecule has 0 fully saturated rings. The van der Waals surface area contributed by atoms with Gasteiger partial charge in [0.05, 0.1) is 7.11 Å². The molecule has 0 N–H and O–H groups in total. The van der Waals surface area contributed by atoms with Crippen LogP contribution >= 0.6 is 0 Å². The summed E-state index contributed by atoms with van der Waals surface area (Å²) in [6.07, 6.45) is 28.2. The number of unbranched alkanes of at least 4 members (excludes halogenated alkanes) is 3. The molecule has 23 heavy (non-hydrogen) atoms. The molecule has 0 saturated carbocycles. The van der Waals surface area contributed by atoms with Crippen molar-refractivity contribution in [3.05, 3.63) is 61.3 Å². The molecule has 2 nitrogen and oxygen atoms in total. The molecule has 0 radical (unpaired) electrons. The summed E-state index contributed by atoms with van der Waals surface area (Å²) in [5, 5.41) is 0. The number of esters is 1. The van der Waals surface area contributed by atoms with Gasteiger partial charge in [-0.15, -0.1) is 6.58 Å². The van der Waals surface area contributed by atoms with Crippen molar-refractivity contribution in [2.24, 2.45) is 0 Å². The molecule has 0 aliphatic heterocycles. The maximum absolute atomic E-state index is 10.9. The maximum Gasteiger partial charge on any atom is 0.305 e. The Morgan fingerprint density at radius 3 is 1.74 bits per heavy atom. The minimum atomic E-state index is -0.128. The molecule has 0 heterocycles. The van der Waals surface area contributed by atoms with Gasteiger partial charge in [-0.2, -0.15) is 0 Å². The quantitative estimate of drug-likeness (QED) is 0.220. The lowest BCUT2D eigenvalue weighted by Gasteiger charge is -1.95. The summed E-state index contributed by atoms with van der Waals surface area (Å²) in [5.74, 6) is -0.128. The number of methoxy groups -OCH3 is 1. The van der Waals surface area contributed by atoms with E-state index in [4.69, 9.17) is 0 Å². The molecule has 0 bridgehead atoms. The molecule has 0 aliphatic rings. The van der Waals surface area contributed by atoms with Gasteiger partial charge in [0.15, 0.2) is 0 Å². The molecule has 2 heteroatoms. The van der Waals surface area contributed by atoms with Crippen molar-refractivity contribution in [2.75, 3.05) is 7.11 Å². The van der Waals surface area contributed by atoms with Gasteiger partial charge in [0.2, 0.25) is 0 Å². The Morgan fingerprint density at radius 1 is 0.783 bits per heavy atom. The molecular weight excluding hydrogens is 284 g/mol. The van der Waals surface area contributed by atoms with E-state index in [-0.39, 0.29) is 5.97 Å². The molecule has 0 rings (SSSR count). The maximum atomic E-state index is 10.9. The van der Waals surface area contributed by atoms with Crippen LogP contribution in [0.15, 0.2) is 61.3 Å². The van der Waals surface area contributed by atoms with Crippen LogP contribution in [0.25, 0.3) is 0 Å². The Morgan fingerprint density at radius 2 is 1.26 bits per heavy atom. The Kier molecular flexibility index (Phi) is 16.8. The average Bonchev–Trinajstić information content (AvgIpc) is 2.57. The second-order valence-corrected chi connectivity index (χ2v) is 5.28. The van der Waals surface area contributed by atoms with Crippen LogP contribution in [-0.2, 0) is 9.53 Å². The Balaban J connectivity index is 3.44. The highest BCUT2D eigenvalue weighted by atomic mass is 16.5. The Hall–Kier alpha value is -1.83. The second-order valence-electron chi connectivity index (χ2n) is 5.28. The van der Waals surface area contributed by atoms with Crippen molar-refractivity contribution in [3.63, 3.8) is 0 Å². The predicted octanol–water partition coefficient (Wildman–Crippen LogP) is 6.08. The van der Waals surface area contributed by atoms with E-state index in [0.29, 0.717) is 6.42 Å². The van der Waals surface area contributed by atoms with E-state index >= 15 is 0 Å². The minimum Gasteiger partial charge on any atom is -0.469 e. The molecule has 0 aliphatic carbocycles. The van der Waals surface area contributed by atoms with Crippen molar-refractivity contribution in [1.29, 1.82) is 0 Å². The topological polar surface area (TPSA) is 26.3 Å². The van der Waals surface area contributed by atoms with Crippen LogP contribution in [0.4, 0.5) is 0 Å². The van der Waals surface area contributed by atoms with Crippen LogP contribution in [0, 0.1) is 0 Å². The van der Waals surface area contributed by atoms with Crippen molar-refractivity contribution in [1.82, 2.24) is 0 Å².